The molecule has 3 aromatic rings. The predicted octanol–water partition coefficient (Wildman–Crippen LogP) is 5.61. The Labute approximate surface area is 213 Å². The molecular formula is C26H27BrN2O4S. The number of ether oxygens (including phenoxy) is 3. The van der Waals surface area contributed by atoms with Crippen molar-refractivity contribution in [1.82, 2.24) is 5.32 Å². The molecule has 34 heavy (non-hydrogen) atoms. The van der Waals surface area contributed by atoms with E-state index in [-0.39, 0.29) is 11.0 Å². The molecule has 0 atom stereocenters. The summed E-state index contributed by atoms with van der Waals surface area (Å²) in [7, 11) is 0. The van der Waals surface area contributed by atoms with Gasteiger partial charge in [0.25, 0.3) is 5.91 Å². The monoisotopic (exact) mass is 542 g/mol. The molecule has 2 N–H and O–H groups in total. The maximum atomic E-state index is 12.9. The van der Waals surface area contributed by atoms with Crippen LogP contribution in [0.3, 0.4) is 0 Å². The molecule has 0 saturated carbocycles. The third-order valence-corrected chi connectivity index (χ3v) is 5.39. The summed E-state index contributed by atoms with van der Waals surface area (Å²) in [5, 5.41) is 5.91. The zero-order valence-electron chi connectivity index (χ0n) is 18.9. The Morgan fingerprint density at radius 2 is 1.76 bits per heavy atom. The van der Waals surface area contributed by atoms with Gasteiger partial charge in [0.15, 0.2) is 5.11 Å². The van der Waals surface area contributed by atoms with Crippen LogP contribution in [0.5, 0.6) is 11.5 Å². The summed E-state index contributed by atoms with van der Waals surface area (Å²) in [5.74, 6) is 0.807. The van der Waals surface area contributed by atoms with Crippen LogP contribution in [0.1, 0.15) is 22.8 Å². The molecule has 0 aliphatic carbocycles. The summed E-state index contributed by atoms with van der Waals surface area (Å²) in [6, 6.07) is 22.7. The highest BCUT2D eigenvalue weighted by atomic mass is 79.9. The van der Waals surface area contributed by atoms with E-state index in [1.807, 2.05) is 67.6 Å². The van der Waals surface area contributed by atoms with Crippen LogP contribution < -0.4 is 20.1 Å². The van der Waals surface area contributed by atoms with Crippen molar-refractivity contribution >= 4 is 44.9 Å². The van der Waals surface area contributed by atoms with Crippen LogP contribution >= 0.6 is 28.1 Å². The standard InChI is InChI=1S/C26H27BrN2O4S/c1-2-31-15-16-32-22-10-6-9-21(18-22)28-26(34)29-25(30)23-17-20(27)11-12-24(23)33-14-13-19-7-4-3-5-8-19/h3-12,17-18H,2,13-16H2,1H3,(H2,28,29,30,34). The lowest BCUT2D eigenvalue weighted by Gasteiger charge is -2.14. The first-order chi connectivity index (χ1) is 16.5. The van der Waals surface area contributed by atoms with Crippen molar-refractivity contribution in [3.63, 3.8) is 0 Å². The first-order valence-corrected chi connectivity index (χ1v) is 12.1. The molecule has 8 heteroatoms. The van der Waals surface area contributed by atoms with E-state index in [1.54, 1.807) is 12.1 Å². The number of thiocarbonyl (C=S) groups is 1. The number of carbonyl (C=O) groups excluding carboxylic acids is 1. The molecule has 3 aromatic carbocycles. The van der Waals surface area contributed by atoms with Gasteiger partial charge in [-0.3, -0.25) is 10.1 Å². The van der Waals surface area contributed by atoms with Crippen LogP contribution in [0.2, 0.25) is 0 Å². The summed E-state index contributed by atoms with van der Waals surface area (Å²) in [6.45, 7) is 4.01. The Morgan fingerprint density at radius 3 is 2.56 bits per heavy atom. The van der Waals surface area contributed by atoms with Crippen molar-refractivity contribution in [2.45, 2.75) is 13.3 Å². The van der Waals surface area contributed by atoms with E-state index in [0.717, 1.165) is 10.9 Å². The van der Waals surface area contributed by atoms with Gasteiger partial charge in [0, 0.05) is 29.3 Å². The smallest absolute Gasteiger partial charge is 0.261 e. The van der Waals surface area contributed by atoms with Gasteiger partial charge in [-0.1, -0.05) is 52.3 Å². The average Bonchev–Trinajstić information content (AvgIpc) is 2.83. The molecule has 6 nitrogen and oxygen atoms in total. The summed E-state index contributed by atoms with van der Waals surface area (Å²) in [5.41, 5.74) is 2.26. The SMILES string of the molecule is CCOCCOc1cccc(NC(=S)NC(=O)c2cc(Br)ccc2OCCc2ccccc2)c1. The van der Waals surface area contributed by atoms with E-state index in [4.69, 9.17) is 26.4 Å². The molecule has 0 fully saturated rings. The van der Waals surface area contributed by atoms with Gasteiger partial charge < -0.3 is 19.5 Å². The van der Waals surface area contributed by atoms with Gasteiger partial charge in [-0.2, -0.15) is 0 Å². The highest BCUT2D eigenvalue weighted by molar-refractivity contribution is 9.10. The minimum atomic E-state index is -0.363. The molecular weight excluding hydrogens is 516 g/mol. The second kappa shape index (κ2) is 13.7. The van der Waals surface area contributed by atoms with Crippen LogP contribution in [0.4, 0.5) is 5.69 Å². The normalized spacial score (nSPS) is 10.4. The van der Waals surface area contributed by atoms with Crippen molar-refractivity contribution in [3.05, 3.63) is 88.4 Å². The number of amides is 1. The van der Waals surface area contributed by atoms with E-state index >= 15 is 0 Å². The van der Waals surface area contributed by atoms with E-state index < -0.39 is 0 Å². The second-order valence-electron chi connectivity index (χ2n) is 7.21. The minimum Gasteiger partial charge on any atom is -0.492 e. The zero-order chi connectivity index (χ0) is 24.2. The van der Waals surface area contributed by atoms with E-state index in [2.05, 4.69) is 26.6 Å². The number of anilines is 1. The third-order valence-electron chi connectivity index (χ3n) is 4.70. The first-order valence-electron chi connectivity index (χ1n) is 10.9. The number of nitrogens with one attached hydrogen (secondary N) is 2. The molecule has 0 aliphatic heterocycles. The number of rotatable bonds is 11. The molecule has 178 valence electrons. The largest absolute Gasteiger partial charge is 0.492 e. The lowest BCUT2D eigenvalue weighted by Crippen LogP contribution is -2.34. The van der Waals surface area contributed by atoms with Crippen molar-refractivity contribution in [1.29, 1.82) is 0 Å². The quantitative estimate of drug-likeness (QED) is 0.242. The topological polar surface area (TPSA) is 68.8 Å². The van der Waals surface area contributed by atoms with Crippen molar-refractivity contribution in [2.75, 3.05) is 31.7 Å². The Hall–Kier alpha value is -2.94. The van der Waals surface area contributed by atoms with Gasteiger partial charge in [0.05, 0.1) is 18.8 Å². The molecule has 1 amide bonds. The van der Waals surface area contributed by atoms with Gasteiger partial charge in [0.2, 0.25) is 0 Å². The Morgan fingerprint density at radius 1 is 0.941 bits per heavy atom. The fraction of sp³-hybridized carbons (Fsp3) is 0.231. The van der Waals surface area contributed by atoms with Crippen LogP contribution in [-0.4, -0.2) is 37.4 Å². The summed E-state index contributed by atoms with van der Waals surface area (Å²) in [4.78, 5) is 12.9. The van der Waals surface area contributed by atoms with Gasteiger partial charge >= 0.3 is 0 Å². The molecule has 0 bridgehead atoms. The van der Waals surface area contributed by atoms with E-state index in [9.17, 15) is 4.79 Å². The Kier molecular flexibility index (Phi) is 10.3. The van der Waals surface area contributed by atoms with E-state index in [0.29, 0.717) is 49.2 Å². The van der Waals surface area contributed by atoms with Crippen LogP contribution in [0.25, 0.3) is 0 Å². The summed E-state index contributed by atoms with van der Waals surface area (Å²) < 4.78 is 17.6. The average molecular weight is 543 g/mol. The highest BCUT2D eigenvalue weighted by Gasteiger charge is 2.15. The molecule has 0 heterocycles. The number of carbonyl (C=O) groups is 1. The van der Waals surface area contributed by atoms with Crippen LogP contribution in [-0.2, 0) is 11.2 Å². The lowest BCUT2D eigenvalue weighted by molar-refractivity contribution is 0.0973. The van der Waals surface area contributed by atoms with Gasteiger partial charge in [0.1, 0.15) is 18.1 Å². The summed E-state index contributed by atoms with van der Waals surface area (Å²) in [6.07, 6.45) is 0.737. The minimum absolute atomic E-state index is 0.173. The highest BCUT2D eigenvalue weighted by Crippen LogP contribution is 2.24. The number of hydrogen-bond donors (Lipinski definition) is 2. The van der Waals surface area contributed by atoms with Crippen molar-refractivity contribution in [3.8, 4) is 11.5 Å². The third kappa shape index (κ3) is 8.44. The molecule has 0 aliphatic rings. The number of hydrogen-bond acceptors (Lipinski definition) is 5. The molecule has 0 radical (unpaired) electrons. The maximum Gasteiger partial charge on any atom is 0.261 e. The Balaban J connectivity index is 1.57. The molecule has 0 unspecified atom stereocenters. The molecule has 0 spiro atoms. The number of benzene rings is 3. The van der Waals surface area contributed by atoms with Crippen molar-refractivity contribution in [2.24, 2.45) is 0 Å². The second-order valence-corrected chi connectivity index (χ2v) is 8.53. The van der Waals surface area contributed by atoms with Gasteiger partial charge in [-0.05, 0) is 55.0 Å². The fourth-order valence-electron chi connectivity index (χ4n) is 3.09. The fourth-order valence-corrected chi connectivity index (χ4v) is 3.66. The van der Waals surface area contributed by atoms with Crippen LogP contribution in [0.15, 0.2) is 77.3 Å². The summed E-state index contributed by atoms with van der Waals surface area (Å²) >= 11 is 8.77. The first kappa shape index (κ1) is 25.7. The van der Waals surface area contributed by atoms with Gasteiger partial charge in [-0.25, -0.2) is 0 Å². The maximum absolute atomic E-state index is 12.9. The molecule has 0 aromatic heterocycles. The molecule has 0 saturated heterocycles. The zero-order valence-corrected chi connectivity index (χ0v) is 21.3. The predicted molar refractivity (Wildman–Crippen MR) is 142 cm³/mol. The number of halogens is 1. The van der Waals surface area contributed by atoms with Crippen LogP contribution in [0, 0.1) is 0 Å². The van der Waals surface area contributed by atoms with Gasteiger partial charge in [-0.15, -0.1) is 0 Å². The lowest BCUT2D eigenvalue weighted by atomic mass is 10.1. The molecule has 3 rings (SSSR count). The van der Waals surface area contributed by atoms with E-state index in [1.165, 1.54) is 5.56 Å². The Bertz CT molecular complexity index is 1100. The van der Waals surface area contributed by atoms with Crippen molar-refractivity contribution < 1.29 is 19.0 Å².